The van der Waals surface area contributed by atoms with Crippen LogP contribution >= 0.6 is 11.8 Å². The first kappa shape index (κ1) is 8.53. The maximum absolute atomic E-state index is 4.10. The highest BCUT2D eigenvalue weighted by Crippen LogP contribution is 2.12. The summed E-state index contributed by atoms with van der Waals surface area (Å²) in [7, 11) is 0. The first-order valence-electron chi connectivity index (χ1n) is 3.83. The molecule has 0 radical (unpaired) electrons. The van der Waals surface area contributed by atoms with Crippen molar-refractivity contribution in [2.45, 2.75) is 24.9 Å². The summed E-state index contributed by atoms with van der Waals surface area (Å²) < 4.78 is 0. The number of rotatable bonds is 4. The number of hydrogen-bond acceptors (Lipinski definition) is 3. The van der Waals surface area contributed by atoms with Gasteiger partial charge in [-0.3, -0.25) is 0 Å². The van der Waals surface area contributed by atoms with Crippen LogP contribution in [0.3, 0.4) is 0 Å². The minimum Gasteiger partial charge on any atom is -0.231 e. The van der Waals surface area contributed by atoms with E-state index in [0.717, 1.165) is 10.9 Å². The molecule has 0 unspecified atom stereocenters. The Labute approximate surface area is 71.5 Å². The Bertz CT molecular complexity index is 189. The van der Waals surface area contributed by atoms with Gasteiger partial charge >= 0.3 is 0 Å². The fourth-order valence-corrected chi connectivity index (χ4v) is 1.55. The van der Waals surface area contributed by atoms with Crippen LogP contribution in [0.1, 0.15) is 19.8 Å². The molecule has 1 heterocycles. The molecule has 3 heteroatoms. The largest absolute Gasteiger partial charge is 0.231 e. The van der Waals surface area contributed by atoms with Crippen LogP contribution in [0, 0.1) is 0 Å². The maximum atomic E-state index is 4.10. The summed E-state index contributed by atoms with van der Waals surface area (Å²) in [5.41, 5.74) is 0. The normalized spacial score (nSPS) is 9.91. The van der Waals surface area contributed by atoms with Crippen molar-refractivity contribution in [1.29, 1.82) is 0 Å². The molecule has 0 aliphatic carbocycles. The average Bonchev–Trinajstić information content (AvgIpc) is 2.07. The van der Waals surface area contributed by atoms with Crippen LogP contribution in [0.2, 0.25) is 0 Å². The minimum absolute atomic E-state index is 0.890. The Kier molecular flexibility index (Phi) is 3.98. The smallest absolute Gasteiger partial charge is 0.187 e. The van der Waals surface area contributed by atoms with Crippen molar-refractivity contribution in [3.63, 3.8) is 0 Å². The molecule has 0 saturated carbocycles. The molecule has 0 spiro atoms. The molecule has 0 saturated heterocycles. The van der Waals surface area contributed by atoms with E-state index in [1.807, 2.05) is 6.07 Å². The molecular formula is C8H12N2S. The summed E-state index contributed by atoms with van der Waals surface area (Å²) in [6.07, 6.45) is 6.03. The van der Waals surface area contributed by atoms with Crippen molar-refractivity contribution in [1.82, 2.24) is 9.97 Å². The fourth-order valence-electron chi connectivity index (χ4n) is 0.668. The Morgan fingerprint density at radius 2 is 2.09 bits per heavy atom. The molecule has 11 heavy (non-hydrogen) atoms. The predicted octanol–water partition coefficient (Wildman–Crippen LogP) is 2.37. The molecule has 0 aromatic carbocycles. The quantitative estimate of drug-likeness (QED) is 0.392. The van der Waals surface area contributed by atoms with E-state index in [1.165, 1.54) is 12.8 Å². The standard InChI is InChI=1S/C8H12N2S/c1-2-3-7-11-8-9-5-4-6-10-8/h4-6H,2-3,7H2,1H3. The van der Waals surface area contributed by atoms with Crippen molar-refractivity contribution < 1.29 is 0 Å². The molecular weight excluding hydrogens is 156 g/mol. The van der Waals surface area contributed by atoms with Crippen molar-refractivity contribution in [3.05, 3.63) is 18.5 Å². The molecule has 1 aromatic rings. The maximum Gasteiger partial charge on any atom is 0.187 e. The third-order valence-electron chi connectivity index (χ3n) is 1.27. The van der Waals surface area contributed by atoms with Gasteiger partial charge in [0.05, 0.1) is 0 Å². The molecule has 1 rings (SSSR count). The highest BCUT2D eigenvalue weighted by molar-refractivity contribution is 7.99. The number of nitrogens with zero attached hydrogens (tertiary/aromatic N) is 2. The summed E-state index contributed by atoms with van der Waals surface area (Å²) in [5, 5.41) is 0.890. The lowest BCUT2D eigenvalue weighted by atomic mass is 10.4. The second kappa shape index (κ2) is 5.13. The average molecular weight is 168 g/mol. The van der Waals surface area contributed by atoms with Crippen LogP contribution in [-0.4, -0.2) is 15.7 Å². The molecule has 1 aromatic heterocycles. The first-order chi connectivity index (χ1) is 5.43. The van der Waals surface area contributed by atoms with Gasteiger partial charge in [-0.1, -0.05) is 25.1 Å². The van der Waals surface area contributed by atoms with Gasteiger partial charge in [-0.15, -0.1) is 0 Å². The van der Waals surface area contributed by atoms with Gasteiger partial charge in [0.15, 0.2) is 5.16 Å². The van der Waals surface area contributed by atoms with Gasteiger partial charge in [-0.2, -0.15) is 0 Å². The molecule has 0 aliphatic heterocycles. The van der Waals surface area contributed by atoms with Crippen molar-refractivity contribution >= 4 is 11.8 Å². The van der Waals surface area contributed by atoms with Gasteiger partial charge in [0.1, 0.15) is 0 Å². The van der Waals surface area contributed by atoms with Gasteiger partial charge in [0.25, 0.3) is 0 Å². The minimum atomic E-state index is 0.890. The van der Waals surface area contributed by atoms with Crippen LogP contribution in [0.15, 0.2) is 23.6 Å². The number of hydrogen-bond donors (Lipinski definition) is 0. The van der Waals surface area contributed by atoms with E-state index in [-0.39, 0.29) is 0 Å². The van der Waals surface area contributed by atoms with E-state index in [2.05, 4.69) is 16.9 Å². The Morgan fingerprint density at radius 3 is 2.73 bits per heavy atom. The van der Waals surface area contributed by atoms with E-state index in [4.69, 9.17) is 0 Å². The third-order valence-corrected chi connectivity index (χ3v) is 2.23. The van der Waals surface area contributed by atoms with Crippen LogP contribution < -0.4 is 0 Å². The molecule has 0 bridgehead atoms. The molecule has 0 amide bonds. The SMILES string of the molecule is CCCCSc1ncccn1. The Balaban J connectivity index is 2.28. The second-order valence-electron chi connectivity index (χ2n) is 2.23. The molecule has 0 aliphatic rings. The predicted molar refractivity (Wildman–Crippen MR) is 47.7 cm³/mol. The summed E-state index contributed by atoms with van der Waals surface area (Å²) in [6, 6.07) is 1.84. The number of thioether (sulfide) groups is 1. The van der Waals surface area contributed by atoms with Gasteiger partial charge in [0.2, 0.25) is 0 Å². The molecule has 0 atom stereocenters. The molecule has 0 N–H and O–H groups in total. The van der Waals surface area contributed by atoms with E-state index in [9.17, 15) is 0 Å². The summed E-state index contributed by atoms with van der Waals surface area (Å²) in [6.45, 7) is 2.19. The van der Waals surface area contributed by atoms with Crippen molar-refractivity contribution in [2.24, 2.45) is 0 Å². The zero-order valence-corrected chi connectivity index (χ0v) is 7.47. The lowest BCUT2D eigenvalue weighted by Gasteiger charge is -1.95. The monoisotopic (exact) mass is 168 g/mol. The zero-order valence-electron chi connectivity index (χ0n) is 6.66. The Hall–Kier alpha value is -0.570. The van der Waals surface area contributed by atoms with Crippen molar-refractivity contribution in [3.8, 4) is 0 Å². The van der Waals surface area contributed by atoms with E-state index < -0.39 is 0 Å². The second-order valence-corrected chi connectivity index (χ2v) is 3.30. The molecule has 2 nitrogen and oxygen atoms in total. The number of unbranched alkanes of at least 4 members (excludes halogenated alkanes) is 1. The van der Waals surface area contributed by atoms with Crippen LogP contribution in [0.4, 0.5) is 0 Å². The van der Waals surface area contributed by atoms with E-state index in [0.29, 0.717) is 0 Å². The van der Waals surface area contributed by atoms with Crippen LogP contribution in [0.5, 0.6) is 0 Å². The van der Waals surface area contributed by atoms with Crippen LogP contribution in [-0.2, 0) is 0 Å². The lowest BCUT2D eigenvalue weighted by Crippen LogP contribution is -1.84. The summed E-state index contributed by atoms with van der Waals surface area (Å²) in [4.78, 5) is 8.20. The van der Waals surface area contributed by atoms with Crippen molar-refractivity contribution in [2.75, 3.05) is 5.75 Å². The third kappa shape index (κ3) is 3.37. The summed E-state index contributed by atoms with van der Waals surface area (Å²) in [5.74, 6) is 1.13. The van der Waals surface area contributed by atoms with Gasteiger partial charge < -0.3 is 0 Å². The van der Waals surface area contributed by atoms with Crippen LogP contribution in [0.25, 0.3) is 0 Å². The number of aromatic nitrogens is 2. The van der Waals surface area contributed by atoms with E-state index in [1.54, 1.807) is 24.2 Å². The lowest BCUT2D eigenvalue weighted by molar-refractivity contribution is 0.888. The zero-order chi connectivity index (χ0) is 7.94. The molecule has 60 valence electrons. The highest BCUT2D eigenvalue weighted by Gasteiger charge is 1.92. The van der Waals surface area contributed by atoms with E-state index >= 15 is 0 Å². The van der Waals surface area contributed by atoms with Gasteiger partial charge in [0, 0.05) is 18.1 Å². The van der Waals surface area contributed by atoms with Gasteiger partial charge in [-0.05, 0) is 12.5 Å². The topological polar surface area (TPSA) is 25.8 Å². The van der Waals surface area contributed by atoms with Gasteiger partial charge in [-0.25, -0.2) is 9.97 Å². The highest BCUT2D eigenvalue weighted by atomic mass is 32.2. The molecule has 0 fully saturated rings. The fraction of sp³-hybridized carbons (Fsp3) is 0.500. The first-order valence-corrected chi connectivity index (χ1v) is 4.82. The Morgan fingerprint density at radius 1 is 1.36 bits per heavy atom. The summed E-state index contributed by atoms with van der Waals surface area (Å²) >= 11 is 1.72.